The van der Waals surface area contributed by atoms with Gasteiger partial charge in [0.2, 0.25) is 0 Å². The van der Waals surface area contributed by atoms with E-state index in [4.69, 9.17) is 0 Å². The lowest BCUT2D eigenvalue weighted by molar-refractivity contribution is -0.112. The summed E-state index contributed by atoms with van der Waals surface area (Å²) in [6.07, 6.45) is 3.55. The Morgan fingerprint density at radius 1 is 1.54 bits per heavy atom. The van der Waals surface area contributed by atoms with E-state index < -0.39 is 0 Å². The first-order valence-corrected chi connectivity index (χ1v) is 4.20. The maximum atomic E-state index is 10.8. The van der Waals surface area contributed by atoms with E-state index in [2.05, 4.69) is 5.10 Å². The van der Waals surface area contributed by atoms with Gasteiger partial charge in [-0.25, -0.2) is 0 Å². The largest absolute Gasteiger partial charge is 0.295 e. The van der Waals surface area contributed by atoms with Crippen molar-refractivity contribution < 1.29 is 4.79 Å². The molecule has 0 aliphatic carbocycles. The maximum absolute atomic E-state index is 10.8. The Morgan fingerprint density at radius 2 is 2.15 bits per heavy atom. The first-order chi connectivity index (χ1) is 6.00. The summed E-state index contributed by atoms with van der Waals surface area (Å²) in [7, 11) is 1.87. The molecule has 3 nitrogen and oxygen atoms in total. The number of rotatable bonds is 2. The van der Waals surface area contributed by atoms with E-state index in [0.29, 0.717) is 0 Å². The molecule has 0 N–H and O–H groups in total. The molecule has 0 fully saturated rings. The molecule has 0 unspecified atom stereocenters. The minimum absolute atomic E-state index is 0.0701. The highest BCUT2D eigenvalue weighted by Crippen LogP contribution is 2.16. The second kappa shape index (κ2) is 3.56. The number of hydrogen-bond donors (Lipinski definition) is 0. The van der Waals surface area contributed by atoms with Crippen LogP contribution < -0.4 is 0 Å². The fourth-order valence-corrected chi connectivity index (χ4v) is 1.37. The molecule has 0 aromatic carbocycles. The van der Waals surface area contributed by atoms with Gasteiger partial charge in [0.1, 0.15) is 0 Å². The summed E-state index contributed by atoms with van der Waals surface area (Å²) < 4.78 is 1.75. The van der Waals surface area contributed by atoms with Gasteiger partial charge < -0.3 is 0 Å². The fourth-order valence-electron chi connectivity index (χ4n) is 1.37. The second-order valence-corrected chi connectivity index (χ2v) is 3.24. The average molecular weight is 178 g/mol. The van der Waals surface area contributed by atoms with Gasteiger partial charge in [0, 0.05) is 18.8 Å². The van der Waals surface area contributed by atoms with Crippen LogP contribution in [-0.2, 0) is 11.8 Å². The summed E-state index contributed by atoms with van der Waals surface area (Å²) in [5, 5.41) is 4.20. The van der Waals surface area contributed by atoms with Crippen LogP contribution >= 0.6 is 0 Å². The molecule has 1 heterocycles. The van der Waals surface area contributed by atoms with Crippen LogP contribution in [0.5, 0.6) is 0 Å². The van der Waals surface area contributed by atoms with E-state index in [0.717, 1.165) is 16.8 Å². The van der Waals surface area contributed by atoms with Crippen molar-refractivity contribution in [2.75, 3.05) is 0 Å². The molecule has 0 saturated heterocycles. The van der Waals surface area contributed by atoms with Crippen molar-refractivity contribution >= 4 is 11.4 Å². The second-order valence-electron chi connectivity index (χ2n) is 3.24. The van der Waals surface area contributed by atoms with Crippen LogP contribution in [0, 0.1) is 6.92 Å². The van der Waals surface area contributed by atoms with E-state index >= 15 is 0 Å². The monoisotopic (exact) mass is 178 g/mol. The number of ketones is 1. The standard InChI is InChI=1S/C10H14N2O/c1-7(5-8(2)13)10-6-12(4)11-9(10)3/h5-6H,1-4H3/b7-5-. The predicted molar refractivity (Wildman–Crippen MR) is 52.3 cm³/mol. The van der Waals surface area contributed by atoms with Crippen molar-refractivity contribution in [2.24, 2.45) is 7.05 Å². The van der Waals surface area contributed by atoms with Gasteiger partial charge in [-0.2, -0.15) is 5.10 Å². The average Bonchev–Trinajstić information content (AvgIpc) is 2.28. The summed E-state index contributed by atoms with van der Waals surface area (Å²) in [5.74, 6) is 0.0701. The molecule has 0 amide bonds. The van der Waals surface area contributed by atoms with Crippen molar-refractivity contribution in [1.29, 1.82) is 0 Å². The zero-order valence-corrected chi connectivity index (χ0v) is 8.46. The van der Waals surface area contributed by atoms with E-state index in [-0.39, 0.29) is 5.78 Å². The number of aromatic nitrogens is 2. The van der Waals surface area contributed by atoms with Crippen LogP contribution in [0.4, 0.5) is 0 Å². The maximum Gasteiger partial charge on any atom is 0.152 e. The Hall–Kier alpha value is -1.38. The van der Waals surface area contributed by atoms with E-state index in [1.54, 1.807) is 17.7 Å². The minimum Gasteiger partial charge on any atom is -0.295 e. The number of carbonyl (C=O) groups excluding carboxylic acids is 1. The highest BCUT2D eigenvalue weighted by Gasteiger charge is 2.04. The van der Waals surface area contributed by atoms with Gasteiger partial charge in [-0.05, 0) is 32.4 Å². The zero-order valence-electron chi connectivity index (χ0n) is 8.46. The third-order valence-corrected chi connectivity index (χ3v) is 1.86. The zero-order chi connectivity index (χ0) is 10.0. The third-order valence-electron chi connectivity index (χ3n) is 1.86. The molecule has 1 aromatic rings. The number of hydrogen-bond acceptors (Lipinski definition) is 2. The lowest BCUT2D eigenvalue weighted by Gasteiger charge is -1.95. The molecule has 3 heteroatoms. The molecule has 0 atom stereocenters. The molecule has 0 radical (unpaired) electrons. The van der Waals surface area contributed by atoms with Crippen molar-refractivity contribution in [3.05, 3.63) is 23.5 Å². The van der Waals surface area contributed by atoms with Crippen LogP contribution in [0.3, 0.4) is 0 Å². The number of aryl methyl sites for hydroxylation is 2. The highest BCUT2D eigenvalue weighted by molar-refractivity contribution is 5.94. The van der Waals surface area contributed by atoms with Gasteiger partial charge in [-0.1, -0.05) is 0 Å². The molecule has 0 aliphatic rings. The summed E-state index contributed by atoms with van der Waals surface area (Å²) in [4.78, 5) is 10.8. The van der Waals surface area contributed by atoms with Crippen LogP contribution in [0.25, 0.3) is 5.57 Å². The molecular formula is C10H14N2O. The van der Waals surface area contributed by atoms with Gasteiger partial charge in [-0.15, -0.1) is 0 Å². The Bertz CT molecular complexity index is 361. The van der Waals surface area contributed by atoms with Gasteiger partial charge in [0.25, 0.3) is 0 Å². The lowest BCUT2D eigenvalue weighted by atomic mass is 10.1. The summed E-state index contributed by atoms with van der Waals surface area (Å²) in [6, 6.07) is 0. The van der Waals surface area contributed by atoms with Crippen LogP contribution in [0.15, 0.2) is 12.3 Å². The molecule has 0 aliphatic heterocycles. The smallest absolute Gasteiger partial charge is 0.152 e. The predicted octanol–water partition coefficient (Wildman–Crippen LogP) is 1.72. The summed E-state index contributed by atoms with van der Waals surface area (Å²) in [6.45, 7) is 5.41. The molecule has 1 rings (SSSR count). The van der Waals surface area contributed by atoms with Crippen LogP contribution in [0.2, 0.25) is 0 Å². The van der Waals surface area contributed by atoms with E-state index in [1.807, 2.05) is 27.1 Å². The molecule has 0 spiro atoms. The molecule has 1 aromatic heterocycles. The Labute approximate surface area is 78.1 Å². The Morgan fingerprint density at radius 3 is 2.54 bits per heavy atom. The summed E-state index contributed by atoms with van der Waals surface area (Å²) >= 11 is 0. The third kappa shape index (κ3) is 2.28. The van der Waals surface area contributed by atoms with Gasteiger partial charge in [0.05, 0.1) is 5.69 Å². The lowest BCUT2D eigenvalue weighted by Crippen LogP contribution is -1.86. The normalized spacial score (nSPS) is 11.8. The van der Waals surface area contributed by atoms with Gasteiger partial charge in [-0.3, -0.25) is 9.48 Å². The van der Waals surface area contributed by atoms with Gasteiger partial charge >= 0.3 is 0 Å². The van der Waals surface area contributed by atoms with Crippen LogP contribution in [0.1, 0.15) is 25.1 Å². The van der Waals surface area contributed by atoms with Gasteiger partial charge in [0.15, 0.2) is 5.78 Å². The van der Waals surface area contributed by atoms with Crippen molar-refractivity contribution in [2.45, 2.75) is 20.8 Å². The number of carbonyl (C=O) groups is 1. The topological polar surface area (TPSA) is 34.9 Å². The SMILES string of the molecule is CC(=O)/C=C(/C)c1cn(C)nc1C. The fraction of sp³-hybridized carbons (Fsp3) is 0.400. The van der Waals surface area contributed by atoms with Crippen molar-refractivity contribution in [1.82, 2.24) is 9.78 Å². The van der Waals surface area contributed by atoms with E-state index in [9.17, 15) is 4.79 Å². The molecule has 0 saturated carbocycles. The first-order valence-electron chi connectivity index (χ1n) is 4.20. The number of nitrogens with zero attached hydrogens (tertiary/aromatic N) is 2. The summed E-state index contributed by atoms with van der Waals surface area (Å²) in [5.41, 5.74) is 2.97. The molecule has 13 heavy (non-hydrogen) atoms. The van der Waals surface area contributed by atoms with Crippen LogP contribution in [-0.4, -0.2) is 15.6 Å². The Kier molecular flexibility index (Phi) is 2.66. The molecule has 70 valence electrons. The van der Waals surface area contributed by atoms with Crippen molar-refractivity contribution in [3.63, 3.8) is 0 Å². The minimum atomic E-state index is 0.0701. The Balaban J connectivity index is 3.08. The first kappa shape index (κ1) is 9.71. The number of allylic oxidation sites excluding steroid dienone is 2. The highest BCUT2D eigenvalue weighted by atomic mass is 16.1. The van der Waals surface area contributed by atoms with Crippen molar-refractivity contribution in [3.8, 4) is 0 Å². The van der Waals surface area contributed by atoms with E-state index in [1.165, 1.54) is 0 Å². The molecule has 0 bridgehead atoms. The molecular weight excluding hydrogens is 164 g/mol. The quantitative estimate of drug-likeness (QED) is 0.646.